The molecule has 0 amide bonds. The van der Waals surface area contributed by atoms with Crippen LogP contribution in [0.25, 0.3) is 11.3 Å². The maximum absolute atomic E-state index is 4.68. The lowest BCUT2D eigenvalue weighted by atomic mass is 9.94. The number of hydrogen-bond acceptors (Lipinski definition) is 4. The molecule has 1 aliphatic rings. The van der Waals surface area contributed by atoms with Gasteiger partial charge < -0.3 is 9.55 Å². The molecule has 0 fully saturated rings. The summed E-state index contributed by atoms with van der Waals surface area (Å²) in [5, 5.41) is 7.59. The van der Waals surface area contributed by atoms with E-state index in [9.17, 15) is 0 Å². The second-order valence-corrected chi connectivity index (χ2v) is 7.09. The summed E-state index contributed by atoms with van der Waals surface area (Å²) < 4.78 is 2.20. The first-order chi connectivity index (χ1) is 13.8. The average molecular weight is 373 g/mol. The molecule has 0 bridgehead atoms. The monoisotopic (exact) mass is 373 g/mol. The number of benzene rings is 1. The van der Waals surface area contributed by atoms with Crippen molar-refractivity contribution in [1.82, 2.24) is 34.6 Å². The standard InChI is InChI=1S/C21H23N7/c1-2-27-11-9-22-18(27)13-28-10-8-17-20(24-14-23-17)21(28)16-12-25-26-19(16)15-6-4-3-5-7-15/h3-7,9,11-12,14,21H,2,8,10,13H2,1H3,(H,23,24)(H,25,26)/t21-/m1/s1. The van der Waals surface area contributed by atoms with E-state index in [1.54, 1.807) is 6.33 Å². The van der Waals surface area contributed by atoms with Crippen LogP contribution in [0.3, 0.4) is 0 Å². The molecule has 2 N–H and O–H groups in total. The number of nitrogens with one attached hydrogen (secondary N) is 2. The Bertz CT molecular complexity index is 1060. The molecule has 1 aromatic carbocycles. The molecule has 0 unspecified atom stereocenters. The van der Waals surface area contributed by atoms with E-state index in [0.717, 1.165) is 54.4 Å². The molecule has 7 heteroatoms. The number of rotatable bonds is 5. The molecular weight excluding hydrogens is 350 g/mol. The van der Waals surface area contributed by atoms with Crippen LogP contribution in [0.4, 0.5) is 0 Å². The largest absolute Gasteiger partial charge is 0.348 e. The molecule has 7 nitrogen and oxygen atoms in total. The van der Waals surface area contributed by atoms with Gasteiger partial charge in [0.2, 0.25) is 0 Å². The number of aromatic amines is 2. The van der Waals surface area contributed by atoms with Gasteiger partial charge in [0.05, 0.1) is 36.5 Å². The first-order valence-electron chi connectivity index (χ1n) is 9.70. The number of H-pyrrole nitrogens is 2. The minimum absolute atomic E-state index is 0.0333. The van der Waals surface area contributed by atoms with Crippen LogP contribution in [0.15, 0.2) is 55.2 Å². The fourth-order valence-corrected chi connectivity index (χ4v) is 4.14. The van der Waals surface area contributed by atoms with Crippen LogP contribution in [-0.4, -0.2) is 41.2 Å². The Hall–Kier alpha value is -3.19. The Labute approximate surface area is 163 Å². The highest BCUT2D eigenvalue weighted by atomic mass is 15.2. The zero-order valence-corrected chi connectivity index (χ0v) is 15.8. The fraction of sp³-hybridized carbons (Fsp3) is 0.286. The summed E-state index contributed by atoms with van der Waals surface area (Å²) in [4.78, 5) is 15.1. The van der Waals surface area contributed by atoms with Gasteiger partial charge in [0.25, 0.3) is 0 Å². The van der Waals surface area contributed by atoms with E-state index in [1.807, 2.05) is 24.7 Å². The Morgan fingerprint density at radius 2 is 2.07 bits per heavy atom. The van der Waals surface area contributed by atoms with Crippen LogP contribution < -0.4 is 0 Å². The molecule has 0 radical (unpaired) electrons. The van der Waals surface area contributed by atoms with Gasteiger partial charge in [-0.05, 0) is 12.5 Å². The van der Waals surface area contributed by atoms with Crippen molar-refractivity contribution in [2.24, 2.45) is 0 Å². The summed E-state index contributed by atoms with van der Waals surface area (Å²) in [5.74, 6) is 1.08. The Kier molecular flexibility index (Phi) is 4.29. The molecule has 28 heavy (non-hydrogen) atoms. The number of aryl methyl sites for hydroxylation is 1. The van der Waals surface area contributed by atoms with Crippen molar-refractivity contribution in [3.8, 4) is 11.3 Å². The van der Waals surface area contributed by atoms with Crippen molar-refractivity contribution < 1.29 is 0 Å². The summed E-state index contributed by atoms with van der Waals surface area (Å²) in [6.07, 6.45) is 8.62. The van der Waals surface area contributed by atoms with Crippen LogP contribution in [0.1, 0.15) is 35.7 Å². The van der Waals surface area contributed by atoms with Crippen molar-refractivity contribution >= 4 is 0 Å². The third-order valence-corrected chi connectivity index (χ3v) is 5.54. The fourth-order valence-electron chi connectivity index (χ4n) is 4.14. The molecule has 4 aromatic rings. The van der Waals surface area contributed by atoms with Crippen molar-refractivity contribution in [1.29, 1.82) is 0 Å². The predicted molar refractivity (Wildman–Crippen MR) is 106 cm³/mol. The third kappa shape index (κ3) is 2.84. The van der Waals surface area contributed by atoms with Crippen LogP contribution in [0.2, 0.25) is 0 Å². The first-order valence-corrected chi connectivity index (χ1v) is 9.70. The van der Waals surface area contributed by atoms with Gasteiger partial charge in [-0.15, -0.1) is 0 Å². The molecule has 0 spiro atoms. The van der Waals surface area contributed by atoms with E-state index in [4.69, 9.17) is 0 Å². The van der Waals surface area contributed by atoms with Gasteiger partial charge in [-0.1, -0.05) is 30.3 Å². The van der Waals surface area contributed by atoms with Gasteiger partial charge in [-0.2, -0.15) is 5.10 Å². The number of aromatic nitrogens is 6. The van der Waals surface area contributed by atoms with E-state index >= 15 is 0 Å². The quantitative estimate of drug-likeness (QED) is 0.563. The van der Waals surface area contributed by atoms with Gasteiger partial charge in [0.1, 0.15) is 5.82 Å². The minimum Gasteiger partial charge on any atom is -0.348 e. The highest BCUT2D eigenvalue weighted by Crippen LogP contribution is 2.38. The second-order valence-electron chi connectivity index (χ2n) is 7.09. The predicted octanol–water partition coefficient (Wildman–Crippen LogP) is 3.16. The molecular formula is C21H23N7. The van der Waals surface area contributed by atoms with Crippen molar-refractivity contribution in [2.75, 3.05) is 6.54 Å². The topological polar surface area (TPSA) is 78.4 Å². The van der Waals surface area contributed by atoms with E-state index in [0.29, 0.717) is 0 Å². The van der Waals surface area contributed by atoms with Crippen molar-refractivity contribution in [2.45, 2.75) is 32.5 Å². The number of hydrogen-bond donors (Lipinski definition) is 2. The van der Waals surface area contributed by atoms with E-state index in [2.05, 4.69) is 65.8 Å². The Morgan fingerprint density at radius 3 is 2.93 bits per heavy atom. The summed E-state index contributed by atoms with van der Waals surface area (Å²) in [5.41, 5.74) is 5.62. The molecule has 0 aliphatic carbocycles. The lowest BCUT2D eigenvalue weighted by Gasteiger charge is -2.34. The SMILES string of the molecule is CCn1ccnc1CN1CCc2[nH]cnc2[C@H]1c1cn[nH]c1-c1ccccc1. The summed E-state index contributed by atoms with van der Waals surface area (Å²) in [6, 6.07) is 10.4. The van der Waals surface area contributed by atoms with E-state index in [1.165, 1.54) is 5.69 Å². The van der Waals surface area contributed by atoms with E-state index in [-0.39, 0.29) is 6.04 Å². The maximum Gasteiger partial charge on any atom is 0.122 e. The maximum atomic E-state index is 4.68. The van der Waals surface area contributed by atoms with Gasteiger partial charge in [-0.3, -0.25) is 10.00 Å². The summed E-state index contributed by atoms with van der Waals surface area (Å²) in [7, 11) is 0. The van der Waals surface area contributed by atoms with Crippen LogP contribution in [0, 0.1) is 0 Å². The highest BCUT2D eigenvalue weighted by molar-refractivity contribution is 5.64. The lowest BCUT2D eigenvalue weighted by Crippen LogP contribution is -2.36. The Balaban J connectivity index is 1.58. The molecule has 3 aromatic heterocycles. The second kappa shape index (κ2) is 7.09. The Morgan fingerprint density at radius 1 is 1.18 bits per heavy atom. The first kappa shape index (κ1) is 16.9. The third-order valence-electron chi connectivity index (χ3n) is 5.54. The van der Waals surface area contributed by atoms with E-state index < -0.39 is 0 Å². The van der Waals surface area contributed by atoms with Crippen molar-refractivity contribution in [3.63, 3.8) is 0 Å². The molecule has 0 saturated heterocycles. The summed E-state index contributed by atoms with van der Waals surface area (Å²) in [6.45, 7) is 4.78. The molecule has 5 rings (SSSR count). The van der Waals surface area contributed by atoms with Crippen LogP contribution in [0.5, 0.6) is 0 Å². The molecule has 1 aliphatic heterocycles. The average Bonchev–Trinajstić information content (AvgIpc) is 3.49. The minimum atomic E-state index is 0.0333. The van der Waals surface area contributed by atoms with Gasteiger partial charge in [-0.25, -0.2) is 9.97 Å². The molecule has 0 saturated carbocycles. The zero-order valence-electron chi connectivity index (χ0n) is 15.8. The highest BCUT2D eigenvalue weighted by Gasteiger charge is 2.34. The molecule has 4 heterocycles. The summed E-state index contributed by atoms with van der Waals surface area (Å²) >= 11 is 0. The van der Waals surface area contributed by atoms with Crippen LogP contribution >= 0.6 is 0 Å². The van der Waals surface area contributed by atoms with Crippen molar-refractivity contribution in [3.05, 3.63) is 78.0 Å². The smallest absolute Gasteiger partial charge is 0.122 e. The molecule has 142 valence electrons. The normalized spacial score (nSPS) is 17.0. The lowest BCUT2D eigenvalue weighted by molar-refractivity contribution is 0.193. The zero-order chi connectivity index (χ0) is 18.9. The molecule has 1 atom stereocenters. The number of imidazole rings is 2. The van der Waals surface area contributed by atoms with Gasteiger partial charge in [0, 0.05) is 43.2 Å². The van der Waals surface area contributed by atoms with Gasteiger partial charge >= 0.3 is 0 Å². The number of fused-ring (bicyclic) bond motifs is 1. The van der Waals surface area contributed by atoms with Crippen LogP contribution in [-0.2, 0) is 19.5 Å². The number of nitrogens with zero attached hydrogens (tertiary/aromatic N) is 5. The van der Waals surface area contributed by atoms with Gasteiger partial charge in [0.15, 0.2) is 0 Å².